The Balaban J connectivity index is 1.51. The van der Waals surface area contributed by atoms with E-state index in [1.165, 1.54) is 42.3 Å². The highest BCUT2D eigenvalue weighted by Gasteiger charge is 2.64. The van der Waals surface area contributed by atoms with E-state index in [1.54, 1.807) is 12.3 Å². The Morgan fingerprint density at radius 2 is 2.06 bits per heavy atom. The zero-order valence-corrected chi connectivity index (χ0v) is 19.5. The van der Waals surface area contributed by atoms with Crippen LogP contribution in [0.2, 0.25) is 0 Å². The molecule has 12 nitrogen and oxygen atoms in total. The van der Waals surface area contributed by atoms with Gasteiger partial charge < -0.3 is 24.4 Å². The van der Waals surface area contributed by atoms with E-state index >= 15 is 0 Å². The number of esters is 1. The molecule has 3 aliphatic heterocycles. The molecule has 3 aliphatic rings. The Hall–Kier alpha value is -3.87. The number of carbonyl (C=O) groups excluding carboxylic acids is 4. The molecule has 1 N–H and O–H groups in total. The molecule has 0 aromatic heterocycles. The quantitative estimate of drug-likeness (QED) is 0.242. The predicted molar refractivity (Wildman–Crippen MR) is 120 cm³/mol. The number of fused-ring (bicyclic) bond motifs is 1. The van der Waals surface area contributed by atoms with Crippen molar-refractivity contribution in [1.82, 2.24) is 10.2 Å². The van der Waals surface area contributed by atoms with Crippen LogP contribution >= 0.6 is 11.8 Å². The summed E-state index contributed by atoms with van der Waals surface area (Å²) in [6.45, 7) is 2.74. The first kappa shape index (κ1) is 24.3. The van der Waals surface area contributed by atoms with Gasteiger partial charge in [-0.15, -0.1) is 0 Å². The topological polar surface area (TPSA) is 154 Å². The van der Waals surface area contributed by atoms with Crippen molar-refractivity contribution in [3.05, 3.63) is 62.2 Å². The molecule has 0 aliphatic carbocycles. The van der Waals surface area contributed by atoms with Crippen molar-refractivity contribution in [2.75, 3.05) is 6.61 Å². The van der Waals surface area contributed by atoms with Crippen LogP contribution in [0.4, 0.5) is 10.5 Å². The predicted octanol–water partition coefficient (Wildman–Crippen LogP) is 2.35. The first-order valence-electron chi connectivity index (χ1n) is 10.5. The number of nitro benzene ring substituents is 1. The van der Waals surface area contributed by atoms with Gasteiger partial charge in [-0.05, 0) is 30.0 Å². The van der Waals surface area contributed by atoms with Crippen molar-refractivity contribution in [2.45, 2.75) is 38.5 Å². The number of hydrogen-bond acceptors (Lipinski definition) is 10. The summed E-state index contributed by atoms with van der Waals surface area (Å²) in [6, 6.07) is 5.13. The van der Waals surface area contributed by atoms with Gasteiger partial charge in [-0.25, -0.2) is 9.59 Å². The average molecular weight is 503 g/mol. The standard InChI is InChI=1S/C22H21N3O9S/c1-12(26)23-7-8-35-16-9-15-17(22(2)11-33-21(29)34-22)19(27)24(15)18(16)20(28)32-10-13-3-5-14(6-4-13)25(30)31/h3-8,15,17H,9-11H2,1-2H3,(H,23,26). The summed E-state index contributed by atoms with van der Waals surface area (Å²) >= 11 is 1.16. The van der Waals surface area contributed by atoms with Crippen molar-refractivity contribution in [2.24, 2.45) is 5.92 Å². The number of hydrogen-bond donors (Lipinski definition) is 1. The highest BCUT2D eigenvalue weighted by atomic mass is 32.2. The van der Waals surface area contributed by atoms with Crippen molar-refractivity contribution in [3.8, 4) is 0 Å². The minimum Gasteiger partial charge on any atom is -0.456 e. The maximum absolute atomic E-state index is 13.1. The number of amides is 2. The van der Waals surface area contributed by atoms with Gasteiger partial charge in [0.05, 0.1) is 11.0 Å². The number of nitrogens with one attached hydrogen (secondary N) is 1. The van der Waals surface area contributed by atoms with Crippen LogP contribution in [-0.4, -0.2) is 52.0 Å². The zero-order chi connectivity index (χ0) is 25.3. The zero-order valence-electron chi connectivity index (χ0n) is 18.7. The molecule has 2 saturated heterocycles. The summed E-state index contributed by atoms with van der Waals surface area (Å²) in [5, 5.41) is 14.9. The highest BCUT2D eigenvalue weighted by Crippen LogP contribution is 2.51. The third-order valence-electron chi connectivity index (χ3n) is 5.85. The lowest BCUT2D eigenvalue weighted by Crippen LogP contribution is -2.66. The van der Waals surface area contributed by atoms with E-state index in [9.17, 15) is 29.3 Å². The monoisotopic (exact) mass is 503 g/mol. The fraction of sp³-hybridized carbons (Fsp3) is 0.364. The van der Waals surface area contributed by atoms with E-state index in [2.05, 4.69) is 5.32 Å². The second kappa shape index (κ2) is 9.41. The summed E-state index contributed by atoms with van der Waals surface area (Å²) in [6.07, 6.45) is 0.892. The van der Waals surface area contributed by atoms with Gasteiger partial charge in [0.2, 0.25) is 11.8 Å². The molecule has 0 bridgehead atoms. The molecule has 4 rings (SSSR count). The number of benzene rings is 1. The smallest absolute Gasteiger partial charge is 0.456 e. The first-order valence-corrected chi connectivity index (χ1v) is 11.4. The molecule has 3 heterocycles. The van der Waals surface area contributed by atoms with Crippen LogP contribution in [0.5, 0.6) is 0 Å². The minimum absolute atomic E-state index is 0.0720. The normalized spacial score (nSPS) is 25.1. The number of rotatable bonds is 8. The number of nitro groups is 1. The molecular weight excluding hydrogens is 482 g/mol. The number of nitrogens with zero attached hydrogens (tertiary/aromatic N) is 2. The summed E-state index contributed by atoms with van der Waals surface area (Å²) in [7, 11) is 0. The Kier molecular flexibility index (Phi) is 6.52. The lowest BCUT2D eigenvalue weighted by atomic mass is 9.75. The summed E-state index contributed by atoms with van der Waals surface area (Å²) in [5.41, 5.74) is -0.623. The fourth-order valence-electron chi connectivity index (χ4n) is 4.24. The Morgan fingerprint density at radius 3 is 2.66 bits per heavy atom. The van der Waals surface area contributed by atoms with Gasteiger partial charge in [0.25, 0.3) is 5.69 Å². The Morgan fingerprint density at radius 1 is 1.34 bits per heavy atom. The second-order valence-corrected chi connectivity index (χ2v) is 9.30. The van der Waals surface area contributed by atoms with Gasteiger partial charge in [0.15, 0.2) is 5.60 Å². The molecule has 13 heteroatoms. The molecule has 184 valence electrons. The largest absolute Gasteiger partial charge is 0.509 e. The number of non-ortho nitro benzene ring substituents is 1. The number of β-lactam (4-membered cyclic amide) rings is 1. The van der Waals surface area contributed by atoms with Crippen molar-refractivity contribution >= 4 is 41.4 Å². The molecule has 0 saturated carbocycles. The van der Waals surface area contributed by atoms with E-state index in [1.807, 2.05) is 0 Å². The van der Waals surface area contributed by atoms with Crippen LogP contribution in [0.3, 0.4) is 0 Å². The maximum Gasteiger partial charge on any atom is 0.509 e. The van der Waals surface area contributed by atoms with Crippen molar-refractivity contribution < 1.29 is 38.3 Å². The molecule has 1 aromatic carbocycles. The molecule has 2 amide bonds. The van der Waals surface area contributed by atoms with Gasteiger partial charge in [0, 0.05) is 36.6 Å². The lowest BCUT2D eigenvalue weighted by Gasteiger charge is -2.48. The summed E-state index contributed by atoms with van der Waals surface area (Å²) < 4.78 is 15.6. The second-order valence-electron chi connectivity index (χ2n) is 8.30. The first-order chi connectivity index (χ1) is 16.6. The van der Waals surface area contributed by atoms with E-state index in [0.29, 0.717) is 16.9 Å². The van der Waals surface area contributed by atoms with Crippen LogP contribution < -0.4 is 5.32 Å². The molecule has 0 radical (unpaired) electrons. The van der Waals surface area contributed by atoms with E-state index in [-0.39, 0.29) is 36.4 Å². The van der Waals surface area contributed by atoms with Crippen LogP contribution in [-0.2, 0) is 35.2 Å². The van der Waals surface area contributed by atoms with E-state index < -0.39 is 34.6 Å². The van der Waals surface area contributed by atoms with Crippen LogP contribution in [0.1, 0.15) is 25.8 Å². The Labute approximate surface area is 203 Å². The molecule has 3 unspecified atom stereocenters. The molecular formula is C22H21N3O9S. The number of thioether (sulfide) groups is 1. The van der Waals surface area contributed by atoms with E-state index in [0.717, 1.165) is 11.8 Å². The van der Waals surface area contributed by atoms with Gasteiger partial charge in [0.1, 0.15) is 24.8 Å². The van der Waals surface area contributed by atoms with Gasteiger partial charge in [-0.1, -0.05) is 11.8 Å². The van der Waals surface area contributed by atoms with Crippen molar-refractivity contribution in [3.63, 3.8) is 0 Å². The van der Waals surface area contributed by atoms with Crippen molar-refractivity contribution in [1.29, 1.82) is 0 Å². The highest BCUT2D eigenvalue weighted by molar-refractivity contribution is 8.05. The molecule has 0 spiro atoms. The SMILES string of the molecule is CC(=O)NC=CSC1=C(C(=O)OCc2ccc([N+](=O)[O-])cc2)N2C(=O)C(C3(C)COC(=O)O3)C2C1. The third-order valence-corrected chi connectivity index (χ3v) is 6.76. The minimum atomic E-state index is -1.14. The number of cyclic esters (lactones) is 2. The average Bonchev–Trinajstić information content (AvgIpc) is 3.31. The van der Waals surface area contributed by atoms with Gasteiger partial charge in [-0.2, -0.15) is 0 Å². The lowest BCUT2D eigenvalue weighted by molar-refractivity contribution is -0.384. The fourth-order valence-corrected chi connectivity index (χ4v) is 5.10. The summed E-state index contributed by atoms with van der Waals surface area (Å²) in [5.74, 6) is -2.08. The van der Waals surface area contributed by atoms with Crippen LogP contribution in [0.25, 0.3) is 0 Å². The summed E-state index contributed by atoms with van der Waals surface area (Å²) in [4.78, 5) is 60.9. The molecule has 3 atom stereocenters. The van der Waals surface area contributed by atoms with Crippen LogP contribution in [0, 0.1) is 16.0 Å². The molecule has 35 heavy (non-hydrogen) atoms. The Bertz CT molecular complexity index is 1160. The van der Waals surface area contributed by atoms with Crippen LogP contribution in [0.15, 0.2) is 46.5 Å². The molecule has 2 fully saturated rings. The number of carbonyl (C=O) groups is 4. The van der Waals surface area contributed by atoms with Gasteiger partial charge in [-0.3, -0.25) is 19.7 Å². The third kappa shape index (κ3) is 4.71. The molecule has 1 aromatic rings. The van der Waals surface area contributed by atoms with Gasteiger partial charge >= 0.3 is 12.1 Å². The number of ether oxygens (including phenoxy) is 3. The van der Waals surface area contributed by atoms with E-state index in [4.69, 9.17) is 14.2 Å². The maximum atomic E-state index is 13.1.